The van der Waals surface area contributed by atoms with Gasteiger partial charge in [0, 0.05) is 30.1 Å². The lowest BCUT2D eigenvalue weighted by molar-refractivity contribution is -0.144. The van der Waals surface area contributed by atoms with Crippen LogP contribution < -0.4 is 27.8 Å². The number of primary amides is 2. The molecule has 14 nitrogen and oxygen atoms in total. The van der Waals surface area contributed by atoms with E-state index in [0.717, 1.165) is 10.9 Å². The summed E-state index contributed by atoms with van der Waals surface area (Å²) in [7, 11) is 0. The highest BCUT2D eigenvalue weighted by molar-refractivity contribution is 5.96. The summed E-state index contributed by atoms with van der Waals surface area (Å²) in [5.74, 6) is -5.27. The minimum atomic E-state index is -1.60. The van der Waals surface area contributed by atoms with Gasteiger partial charge in [0.2, 0.25) is 29.5 Å². The molecule has 4 unspecified atom stereocenters. The third-order valence-corrected chi connectivity index (χ3v) is 6.33. The van der Waals surface area contributed by atoms with Crippen molar-refractivity contribution in [3.05, 3.63) is 36.0 Å². The number of nitrogens with one attached hydrogen (secondary N) is 3. The van der Waals surface area contributed by atoms with Gasteiger partial charge in [-0.15, -0.1) is 0 Å². The molecule has 0 spiro atoms. The Bertz CT molecular complexity index is 1240. The molecule has 0 bridgehead atoms. The number of hydrogen-bond acceptors (Lipinski definition) is 7. The number of benzene rings is 1. The molecular formula is C24H31N7O7. The van der Waals surface area contributed by atoms with Crippen molar-refractivity contribution in [3.8, 4) is 0 Å². The third kappa shape index (κ3) is 6.85. The van der Waals surface area contributed by atoms with Crippen LogP contribution in [0.4, 0.5) is 0 Å². The number of carboxylic acids is 1. The van der Waals surface area contributed by atoms with Crippen molar-refractivity contribution in [2.24, 2.45) is 17.2 Å². The average molecular weight is 530 g/mol. The second kappa shape index (κ2) is 12.2. The molecule has 38 heavy (non-hydrogen) atoms. The van der Waals surface area contributed by atoms with Gasteiger partial charge in [0.15, 0.2) is 0 Å². The van der Waals surface area contributed by atoms with Crippen molar-refractivity contribution in [1.82, 2.24) is 20.5 Å². The molecule has 1 aliphatic heterocycles. The fourth-order valence-electron chi connectivity index (χ4n) is 4.49. The van der Waals surface area contributed by atoms with Gasteiger partial charge in [0.25, 0.3) is 0 Å². The summed E-state index contributed by atoms with van der Waals surface area (Å²) in [5.41, 5.74) is 17.5. The maximum atomic E-state index is 13.3. The van der Waals surface area contributed by atoms with Gasteiger partial charge in [-0.25, -0.2) is 4.79 Å². The number of carbonyl (C=O) groups is 6. The fraction of sp³-hybridized carbons (Fsp3) is 0.417. The lowest BCUT2D eigenvalue weighted by atomic mass is 10.0. The first-order valence-electron chi connectivity index (χ1n) is 12.0. The number of hydrogen-bond donors (Lipinski definition) is 7. The number of carbonyl (C=O) groups excluding carboxylic acids is 5. The highest BCUT2D eigenvalue weighted by atomic mass is 16.4. The molecule has 2 aromatic rings. The van der Waals surface area contributed by atoms with E-state index >= 15 is 0 Å². The fourth-order valence-corrected chi connectivity index (χ4v) is 4.49. The van der Waals surface area contributed by atoms with Crippen molar-refractivity contribution < 1.29 is 33.9 Å². The highest BCUT2D eigenvalue weighted by Gasteiger charge is 2.38. The van der Waals surface area contributed by atoms with E-state index in [0.29, 0.717) is 18.4 Å². The number of carboxylic acid groups (broad SMARTS) is 1. The molecule has 14 heteroatoms. The van der Waals surface area contributed by atoms with E-state index in [1.165, 1.54) is 4.90 Å². The van der Waals surface area contributed by atoms with Crippen molar-refractivity contribution in [2.75, 3.05) is 6.54 Å². The molecule has 3 rings (SSSR count). The first kappa shape index (κ1) is 28.1. The van der Waals surface area contributed by atoms with Crippen LogP contribution in [0.15, 0.2) is 30.5 Å². The van der Waals surface area contributed by atoms with Crippen LogP contribution in [-0.4, -0.2) is 81.2 Å². The van der Waals surface area contributed by atoms with Gasteiger partial charge < -0.3 is 42.8 Å². The zero-order chi connectivity index (χ0) is 28.0. The first-order valence-corrected chi connectivity index (χ1v) is 12.0. The van der Waals surface area contributed by atoms with Gasteiger partial charge in [0.05, 0.1) is 18.9 Å². The number of para-hydroxylation sites is 1. The van der Waals surface area contributed by atoms with E-state index in [9.17, 15) is 33.9 Å². The van der Waals surface area contributed by atoms with Crippen molar-refractivity contribution >= 4 is 46.4 Å². The summed E-state index contributed by atoms with van der Waals surface area (Å²) in [5, 5.41) is 15.1. The zero-order valence-electron chi connectivity index (χ0n) is 20.5. The minimum absolute atomic E-state index is 0.0215. The Kier molecular flexibility index (Phi) is 9.02. The summed E-state index contributed by atoms with van der Waals surface area (Å²) in [4.78, 5) is 77.6. The SMILES string of the molecule is NC(=O)CC(N)C(=O)N1CCCC1C(=O)NC(Cc1c[nH]c2ccccc12)C(=O)NC(CC(N)=O)C(=O)O. The standard InChI is InChI=1S/C24H31N7O7/c25-14(9-19(26)32)23(36)31-7-3-6-18(31)22(35)29-16(21(34)30-17(24(37)38)10-20(27)33)8-12-11-28-15-5-2-1-4-13(12)15/h1-2,4-5,11,14,16-18,28H,3,6-10,25H2,(H2,26,32)(H2,27,33)(H,29,35)(H,30,34)(H,37,38). The number of fused-ring (bicyclic) bond motifs is 1. The van der Waals surface area contributed by atoms with Gasteiger partial charge >= 0.3 is 5.97 Å². The van der Waals surface area contributed by atoms with Crippen LogP contribution in [0.5, 0.6) is 0 Å². The molecular weight excluding hydrogens is 498 g/mol. The number of amides is 5. The minimum Gasteiger partial charge on any atom is -0.480 e. The van der Waals surface area contributed by atoms with Crippen LogP contribution in [-0.2, 0) is 35.2 Å². The Morgan fingerprint density at radius 3 is 2.37 bits per heavy atom. The van der Waals surface area contributed by atoms with Gasteiger partial charge in [-0.3, -0.25) is 24.0 Å². The largest absolute Gasteiger partial charge is 0.480 e. The highest BCUT2D eigenvalue weighted by Crippen LogP contribution is 2.21. The van der Waals surface area contributed by atoms with Crippen LogP contribution in [0.25, 0.3) is 10.9 Å². The predicted molar refractivity (Wildman–Crippen MR) is 134 cm³/mol. The molecule has 10 N–H and O–H groups in total. The predicted octanol–water partition coefficient (Wildman–Crippen LogP) is -2.17. The van der Waals surface area contributed by atoms with Crippen LogP contribution in [0.1, 0.15) is 31.2 Å². The molecule has 0 saturated carbocycles. The maximum Gasteiger partial charge on any atom is 0.326 e. The average Bonchev–Trinajstić information content (AvgIpc) is 3.49. The zero-order valence-corrected chi connectivity index (χ0v) is 20.5. The first-order chi connectivity index (χ1) is 18.0. The Labute approximate surface area is 217 Å². The maximum absolute atomic E-state index is 13.3. The van der Waals surface area contributed by atoms with E-state index in [2.05, 4.69) is 15.6 Å². The molecule has 1 aromatic heterocycles. The molecule has 5 amide bonds. The van der Waals surface area contributed by atoms with E-state index < -0.39 is 66.1 Å². The topological polar surface area (TPSA) is 244 Å². The van der Waals surface area contributed by atoms with Gasteiger partial charge in [0.1, 0.15) is 18.1 Å². The van der Waals surface area contributed by atoms with E-state index in [4.69, 9.17) is 17.2 Å². The number of likely N-dealkylation sites (tertiary alicyclic amines) is 1. The molecule has 1 fully saturated rings. The molecule has 1 aliphatic rings. The number of H-pyrrole nitrogens is 1. The number of aliphatic carboxylic acids is 1. The van der Waals surface area contributed by atoms with Crippen molar-refractivity contribution in [1.29, 1.82) is 0 Å². The Morgan fingerprint density at radius 2 is 1.71 bits per heavy atom. The lowest BCUT2D eigenvalue weighted by Crippen LogP contribution is -2.57. The smallest absolute Gasteiger partial charge is 0.326 e. The summed E-state index contributed by atoms with van der Waals surface area (Å²) in [6, 6.07) is 2.26. The Hall–Kier alpha value is -4.46. The van der Waals surface area contributed by atoms with Crippen molar-refractivity contribution in [3.63, 3.8) is 0 Å². The Balaban J connectivity index is 1.83. The molecule has 4 atom stereocenters. The van der Waals surface area contributed by atoms with Crippen LogP contribution in [0.2, 0.25) is 0 Å². The molecule has 204 valence electrons. The summed E-state index contributed by atoms with van der Waals surface area (Å²) >= 11 is 0. The number of rotatable bonds is 12. The quantitative estimate of drug-likeness (QED) is 0.159. The molecule has 0 aliphatic carbocycles. The van der Waals surface area contributed by atoms with Crippen LogP contribution in [0, 0.1) is 0 Å². The molecule has 1 saturated heterocycles. The second-order valence-electron chi connectivity index (χ2n) is 9.16. The van der Waals surface area contributed by atoms with E-state index in [1.54, 1.807) is 12.3 Å². The second-order valence-corrected chi connectivity index (χ2v) is 9.16. The van der Waals surface area contributed by atoms with Gasteiger partial charge in [-0.2, -0.15) is 0 Å². The molecule has 0 radical (unpaired) electrons. The monoisotopic (exact) mass is 529 g/mol. The van der Waals surface area contributed by atoms with Gasteiger partial charge in [-0.1, -0.05) is 18.2 Å². The number of nitrogens with two attached hydrogens (primary N) is 3. The van der Waals surface area contributed by atoms with Crippen molar-refractivity contribution in [2.45, 2.75) is 56.3 Å². The van der Waals surface area contributed by atoms with Gasteiger partial charge in [-0.05, 0) is 24.5 Å². The summed E-state index contributed by atoms with van der Waals surface area (Å²) < 4.78 is 0. The number of nitrogens with zero attached hydrogens (tertiary/aromatic N) is 1. The normalized spacial score (nSPS) is 17.4. The summed E-state index contributed by atoms with van der Waals surface area (Å²) in [6.07, 6.45) is 1.41. The van der Waals surface area contributed by atoms with E-state index in [-0.39, 0.29) is 19.4 Å². The summed E-state index contributed by atoms with van der Waals surface area (Å²) in [6.45, 7) is 0.225. The number of aromatic amines is 1. The number of aromatic nitrogens is 1. The van der Waals surface area contributed by atoms with E-state index in [1.807, 2.05) is 18.2 Å². The molecule has 1 aromatic carbocycles. The molecule has 2 heterocycles. The van der Waals surface area contributed by atoms with Crippen LogP contribution >= 0.6 is 0 Å². The third-order valence-electron chi connectivity index (χ3n) is 6.33. The van der Waals surface area contributed by atoms with Crippen LogP contribution in [0.3, 0.4) is 0 Å². The lowest BCUT2D eigenvalue weighted by Gasteiger charge is -2.28. The Morgan fingerprint density at radius 1 is 1.03 bits per heavy atom.